The number of benzene rings is 2. The second-order valence-corrected chi connectivity index (χ2v) is 9.14. The van der Waals surface area contributed by atoms with E-state index in [1.54, 1.807) is 6.07 Å². The Morgan fingerprint density at radius 2 is 1.73 bits per heavy atom. The smallest absolute Gasteiger partial charge is 0.345 e. The van der Waals surface area contributed by atoms with E-state index in [-0.39, 0.29) is 11.3 Å². The average molecular weight is 499 g/mol. The molecule has 2 atom stereocenters. The third kappa shape index (κ3) is 4.71. The summed E-state index contributed by atoms with van der Waals surface area (Å²) in [5, 5.41) is 23.6. The third-order valence-corrected chi connectivity index (χ3v) is 6.18. The number of ether oxygens (including phenoxy) is 2. The van der Waals surface area contributed by atoms with Crippen LogP contribution < -0.4 is 4.57 Å². The molecule has 0 radical (unpaired) electrons. The minimum atomic E-state index is -1.38. The molecule has 1 aliphatic rings. The Bertz CT molecular complexity index is 1530. The van der Waals surface area contributed by atoms with Gasteiger partial charge in [-0.1, -0.05) is 42.5 Å². The number of fused-ring (bicyclic) bond motifs is 1. The topological polar surface area (TPSA) is 116 Å². The molecule has 1 aliphatic heterocycles. The predicted octanol–water partition coefficient (Wildman–Crippen LogP) is 4.88. The van der Waals surface area contributed by atoms with Crippen molar-refractivity contribution in [2.24, 2.45) is 0 Å². The van der Waals surface area contributed by atoms with E-state index in [9.17, 15) is 20.0 Å². The van der Waals surface area contributed by atoms with Crippen LogP contribution in [0.4, 0.5) is 5.69 Å². The monoisotopic (exact) mass is 498 g/mol. The van der Waals surface area contributed by atoms with Crippen LogP contribution in [0.25, 0.3) is 10.9 Å². The molecule has 1 N–H and O–H groups in total. The summed E-state index contributed by atoms with van der Waals surface area (Å²) in [7, 11) is 0. The molecule has 5 rings (SSSR count). The van der Waals surface area contributed by atoms with Gasteiger partial charge in [0.05, 0.1) is 16.4 Å². The van der Waals surface area contributed by atoms with Crippen molar-refractivity contribution < 1.29 is 28.9 Å². The number of rotatable bonds is 6. The fourth-order valence-electron chi connectivity index (χ4n) is 4.61. The van der Waals surface area contributed by atoms with Crippen LogP contribution in [-0.2, 0) is 14.3 Å². The molecule has 186 valence electrons. The van der Waals surface area contributed by atoms with Crippen molar-refractivity contribution in [2.75, 3.05) is 0 Å². The van der Waals surface area contributed by atoms with E-state index in [1.165, 1.54) is 32.0 Å². The lowest BCUT2D eigenvalue weighted by atomic mass is 9.82. The Balaban J connectivity index is 1.80. The van der Waals surface area contributed by atoms with Gasteiger partial charge in [0.15, 0.2) is 12.4 Å². The summed E-state index contributed by atoms with van der Waals surface area (Å²) in [6.07, 6.45) is 3.62. The van der Waals surface area contributed by atoms with Gasteiger partial charge in [-0.05, 0) is 17.7 Å². The first kappa shape index (κ1) is 23.9. The zero-order valence-corrected chi connectivity index (χ0v) is 20.1. The van der Waals surface area contributed by atoms with Crippen LogP contribution in [0.5, 0.6) is 0 Å². The summed E-state index contributed by atoms with van der Waals surface area (Å²) in [6, 6.07) is 22.1. The highest BCUT2D eigenvalue weighted by Crippen LogP contribution is 2.42. The summed E-state index contributed by atoms with van der Waals surface area (Å²) >= 11 is 0. The zero-order valence-electron chi connectivity index (χ0n) is 20.1. The molecular weight excluding hydrogens is 474 g/mol. The number of cyclic esters (lactones) is 1. The number of aliphatic hydroxyl groups excluding tert-OH is 1. The van der Waals surface area contributed by atoms with Crippen molar-refractivity contribution in [3.05, 3.63) is 124 Å². The van der Waals surface area contributed by atoms with Crippen LogP contribution in [0.15, 0.2) is 103 Å². The van der Waals surface area contributed by atoms with Crippen LogP contribution in [0.3, 0.4) is 0 Å². The molecule has 0 amide bonds. The maximum absolute atomic E-state index is 13.3. The summed E-state index contributed by atoms with van der Waals surface area (Å²) < 4.78 is 12.9. The predicted molar refractivity (Wildman–Crippen MR) is 133 cm³/mol. The molecule has 37 heavy (non-hydrogen) atoms. The van der Waals surface area contributed by atoms with Gasteiger partial charge in [-0.25, -0.2) is 9.78 Å². The Hall–Kier alpha value is -4.79. The fourth-order valence-corrected chi connectivity index (χ4v) is 4.61. The summed E-state index contributed by atoms with van der Waals surface area (Å²) in [4.78, 5) is 29.4. The molecule has 0 fully saturated rings. The van der Waals surface area contributed by atoms with Gasteiger partial charge in [0.1, 0.15) is 11.3 Å². The molecule has 2 unspecified atom stereocenters. The minimum Gasteiger partial charge on any atom is -0.480 e. The van der Waals surface area contributed by atoms with Crippen molar-refractivity contribution in [1.29, 1.82) is 0 Å². The minimum absolute atomic E-state index is 0.156. The number of nitro benzene ring substituents is 1. The number of nitrogens with zero attached hydrogens (tertiary/aromatic N) is 3. The van der Waals surface area contributed by atoms with Gasteiger partial charge < -0.3 is 14.6 Å². The number of hydrogen-bond acceptors (Lipinski definition) is 7. The molecule has 0 saturated heterocycles. The first-order valence-electron chi connectivity index (χ1n) is 11.6. The van der Waals surface area contributed by atoms with Gasteiger partial charge >= 0.3 is 5.97 Å². The quantitative estimate of drug-likeness (QED) is 0.174. The maximum atomic E-state index is 13.3. The first-order valence-corrected chi connectivity index (χ1v) is 11.6. The normalized spacial score (nSPS) is 16.5. The number of hydrogen-bond donors (Lipinski definition) is 1. The standard InChI is InChI=1S/C28H23N3O6/c1-28(2)36-26(32)24(27(33)37-28)23(19-10-8-11-20(17-19)31(34)35)25(30-15-6-3-7-16-30)22-14-13-18-9-4-5-12-21(18)29-22/h3-17,23,25H,1-2H3/p+1. The summed E-state index contributed by atoms with van der Waals surface area (Å²) in [5.74, 6) is -3.72. The summed E-state index contributed by atoms with van der Waals surface area (Å²) in [5.41, 5.74) is 1.41. The van der Waals surface area contributed by atoms with Crippen LogP contribution in [-0.4, -0.2) is 26.8 Å². The van der Waals surface area contributed by atoms with Gasteiger partial charge in [0.25, 0.3) is 17.4 Å². The molecule has 0 aliphatic carbocycles. The zero-order chi connectivity index (χ0) is 26.2. The molecule has 3 heterocycles. The highest BCUT2D eigenvalue weighted by Gasteiger charge is 2.47. The molecule has 2 aromatic heterocycles. The number of nitro groups is 1. The number of aliphatic hydroxyl groups is 1. The Morgan fingerprint density at radius 1 is 0.973 bits per heavy atom. The molecule has 9 heteroatoms. The number of para-hydroxylation sites is 1. The lowest BCUT2D eigenvalue weighted by Gasteiger charge is -2.34. The van der Waals surface area contributed by atoms with Crippen molar-refractivity contribution in [3.8, 4) is 0 Å². The number of non-ortho nitro benzene ring substituents is 1. The number of carbonyl (C=O) groups excluding carboxylic acids is 1. The molecular formula is C28H24N3O6+. The Labute approximate surface area is 212 Å². The second kappa shape index (κ2) is 9.34. The molecule has 0 bridgehead atoms. The highest BCUT2D eigenvalue weighted by molar-refractivity contribution is 5.91. The van der Waals surface area contributed by atoms with Crippen molar-refractivity contribution >= 4 is 22.6 Å². The SMILES string of the molecule is CC1(C)OC(=O)C(C(c2cccc([N+](=O)[O-])c2)C(c2ccc3ccccc3n2)[n+]2ccccc2)=C(O)O1. The number of pyridine rings is 2. The van der Waals surface area contributed by atoms with Gasteiger partial charge in [0, 0.05) is 43.5 Å². The number of carbonyl (C=O) groups is 1. The van der Waals surface area contributed by atoms with Gasteiger partial charge in [-0.2, -0.15) is 4.57 Å². The first-order chi connectivity index (χ1) is 17.7. The maximum Gasteiger partial charge on any atom is 0.345 e. The average Bonchev–Trinajstić information content (AvgIpc) is 2.87. The van der Waals surface area contributed by atoms with Crippen molar-refractivity contribution in [3.63, 3.8) is 0 Å². The number of esters is 1. The van der Waals surface area contributed by atoms with E-state index >= 15 is 0 Å². The van der Waals surface area contributed by atoms with Gasteiger partial charge in [-0.15, -0.1) is 0 Å². The molecule has 9 nitrogen and oxygen atoms in total. The highest BCUT2D eigenvalue weighted by atomic mass is 16.8. The van der Waals surface area contributed by atoms with Crippen molar-refractivity contribution in [2.45, 2.75) is 31.6 Å². The van der Waals surface area contributed by atoms with E-state index in [4.69, 9.17) is 14.5 Å². The van der Waals surface area contributed by atoms with Crippen LogP contribution in [0.2, 0.25) is 0 Å². The van der Waals surface area contributed by atoms with E-state index in [1.807, 2.05) is 71.6 Å². The van der Waals surface area contributed by atoms with E-state index < -0.39 is 34.6 Å². The Morgan fingerprint density at radius 3 is 2.46 bits per heavy atom. The van der Waals surface area contributed by atoms with E-state index in [0.717, 1.165) is 10.9 Å². The lowest BCUT2D eigenvalue weighted by Crippen LogP contribution is -2.46. The third-order valence-electron chi connectivity index (χ3n) is 6.18. The number of aromatic nitrogens is 2. The van der Waals surface area contributed by atoms with E-state index in [0.29, 0.717) is 11.3 Å². The largest absolute Gasteiger partial charge is 0.480 e. The summed E-state index contributed by atoms with van der Waals surface area (Å²) in [6.45, 7) is 3.02. The van der Waals surface area contributed by atoms with Crippen LogP contribution in [0.1, 0.15) is 37.1 Å². The molecule has 2 aromatic carbocycles. The van der Waals surface area contributed by atoms with Gasteiger partial charge in [-0.3, -0.25) is 10.1 Å². The van der Waals surface area contributed by atoms with Crippen LogP contribution in [0, 0.1) is 10.1 Å². The fraction of sp³-hybridized carbons (Fsp3) is 0.179. The molecule has 0 saturated carbocycles. The van der Waals surface area contributed by atoms with E-state index in [2.05, 4.69) is 0 Å². The van der Waals surface area contributed by atoms with Crippen molar-refractivity contribution in [1.82, 2.24) is 4.98 Å². The van der Waals surface area contributed by atoms with Gasteiger partial charge in [0.2, 0.25) is 6.04 Å². The van der Waals surface area contributed by atoms with Crippen LogP contribution >= 0.6 is 0 Å². The second-order valence-electron chi connectivity index (χ2n) is 9.14. The lowest BCUT2D eigenvalue weighted by molar-refractivity contribution is -0.716. The molecule has 4 aromatic rings. The Kier molecular flexibility index (Phi) is 6.04. The molecule has 0 spiro atoms.